The summed E-state index contributed by atoms with van der Waals surface area (Å²) in [7, 11) is 0. The summed E-state index contributed by atoms with van der Waals surface area (Å²) in [5.74, 6) is 0. The van der Waals surface area contributed by atoms with Gasteiger partial charge in [-0.15, -0.1) is 0 Å². The minimum atomic E-state index is 1.27. The van der Waals surface area contributed by atoms with Crippen LogP contribution in [0.2, 0.25) is 0 Å². The van der Waals surface area contributed by atoms with Crippen LogP contribution in [0.25, 0.3) is 97.7 Å². The lowest BCUT2D eigenvalue weighted by Gasteiger charge is -2.26. The van der Waals surface area contributed by atoms with Gasteiger partial charge in [-0.1, -0.05) is 133 Å². The first-order valence-corrected chi connectivity index (χ1v) is 14.0. The van der Waals surface area contributed by atoms with Crippen LogP contribution in [0.3, 0.4) is 0 Å². The Morgan fingerprint density at radius 3 is 0.775 bits per heavy atom. The third kappa shape index (κ3) is 2.35. The van der Waals surface area contributed by atoms with Gasteiger partial charge in [-0.3, -0.25) is 0 Å². The molecule has 0 N–H and O–H groups in total. The van der Waals surface area contributed by atoms with Gasteiger partial charge in [-0.2, -0.15) is 0 Å². The lowest BCUT2D eigenvalue weighted by molar-refractivity contribution is 1.68. The highest BCUT2D eigenvalue weighted by molar-refractivity contribution is 6.51. The van der Waals surface area contributed by atoms with Crippen molar-refractivity contribution < 1.29 is 0 Å². The molecular weight excluding hydrogens is 480 g/mol. The van der Waals surface area contributed by atoms with Crippen LogP contribution in [0.5, 0.6) is 0 Å². The average molecular weight is 503 g/mol. The summed E-state index contributed by atoms with van der Waals surface area (Å²) in [5.41, 5.74) is 5.22. The summed E-state index contributed by atoms with van der Waals surface area (Å²) in [6.07, 6.45) is 0. The van der Waals surface area contributed by atoms with Gasteiger partial charge in [-0.05, 0) is 97.7 Å². The molecule has 10 rings (SSSR count). The minimum absolute atomic E-state index is 1.27. The molecule has 0 amide bonds. The summed E-state index contributed by atoms with van der Waals surface area (Å²) in [4.78, 5) is 0. The molecule has 0 heterocycles. The Balaban J connectivity index is 1.62. The number of hydrogen-bond acceptors (Lipinski definition) is 0. The number of benzene rings is 10. The van der Waals surface area contributed by atoms with Crippen LogP contribution in [0, 0.1) is 0 Å². The lowest BCUT2D eigenvalue weighted by atomic mass is 9.77. The molecule has 0 bridgehead atoms. The first kappa shape index (κ1) is 20.7. The van der Waals surface area contributed by atoms with Gasteiger partial charge in [0.1, 0.15) is 0 Å². The van der Waals surface area contributed by atoms with Crippen LogP contribution in [0.15, 0.2) is 133 Å². The van der Waals surface area contributed by atoms with Crippen LogP contribution in [-0.4, -0.2) is 0 Å². The van der Waals surface area contributed by atoms with Crippen LogP contribution >= 0.6 is 0 Å². The van der Waals surface area contributed by atoms with E-state index in [-0.39, 0.29) is 0 Å². The molecular formula is C40H22. The van der Waals surface area contributed by atoms with E-state index in [4.69, 9.17) is 0 Å². The number of fused-ring (bicyclic) bond motifs is 2. The normalized spacial score (nSPS) is 12.5. The summed E-state index contributed by atoms with van der Waals surface area (Å²) < 4.78 is 0. The van der Waals surface area contributed by atoms with Gasteiger partial charge >= 0.3 is 0 Å². The fourth-order valence-corrected chi connectivity index (χ4v) is 7.89. The van der Waals surface area contributed by atoms with E-state index in [1.807, 2.05) is 0 Å². The second-order valence-corrected chi connectivity index (χ2v) is 11.1. The van der Waals surface area contributed by atoms with E-state index in [1.54, 1.807) is 0 Å². The highest BCUT2D eigenvalue weighted by atomic mass is 14.3. The molecule has 0 heteroatoms. The Morgan fingerprint density at radius 2 is 0.475 bits per heavy atom. The highest BCUT2D eigenvalue weighted by Crippen LogP contribution is 2.55. The van der Waals surface area contributed by atoms with Crippen molar-refractivity contribution in [2.75, 3.05) is 0 Å². The van der Waals surface area contributed by atoms with Gasteiger partial charge in [0.15, 0.2) is 0 Å². The topological polar surface area (TPSA) is 0 Å². The van der Waals surface area contributed by atoms with Gasteiger partial charge in [-0.25, -0.2) is 0 Å². The van der Waals surface area contributed by atoms with Crippen molar-refractivity contribution in [3.63, 3.8) is 0 Å². The van der Waals surface area contributed by atoms with Gasteiger partial charge < -0.3 is 0 Å². The summed E-state index contributed by atoms with van der Waals surface area (Å²) in [6, 6.07) is 49.6. The predicted octanol–water partition coefficient (Wildman–Crippen LogP) is 11.4. The Kier molecular flexibility index (Phi) is 3.76. The van der Waals surface area contributed by atoms with E-state index >= 15 is 0 Å². The Labute approximate surface area is 230 Å². The summed E-state index contributed by atoms with van der Waals surface area (Å²) in [5, 5.41) is 19.1. The van der Waals surface area contributed by atoms with Crippen molar-refractivity contribution in [1.29, 1.82) is 0 Å². The van der Waals surface area contributed by atoms with E-state index in [9.17, 15) is 0 Å². The van der Waals surface area contributed by atoms with Crippen LogP contribution in [-0.2, 0) is 0 Å². The van der Waals surface area contributed by atoms with Gasteiger partial charge in [0.25, 0.3) is 0 Å². The summed E-state index contributed by atoms with van der Waals surface area (Å²) in [6.45, 7) is 0. The predicted molar refractivity (Wildman–Crippen MR) is 173 cm³/mol. The molecule has 0 nitrogen and oxygen atoms in total. The molecule has 0 aliphatic heterocycles. The minimum Gasteiger partial charge on any atom is -0.0622 e. The SMILES string of the molecule is c1ccc(-c2c3cccc4c5cccc6c(-c7ccccc7)c7cccc8c9cccc2c9c(c34)c(c65)c78)cc1. The van der Waals surface area contributed by atoms with Crippen molar-refractivity contribution in [1.82, 2.24) is 0 Å². The van der Waals surface area contributed by atoms with Crippen molar-refractivity contribution in [2.45, 2.75) is 0 Å². The zero-order valence-electron chi connectivity index (χ0n) is 21.7. The van der Waals surface area contributed by atoms with Crippen molar-refractivity contribution in [3.05, 3.63) is 133 Å². The second kappa shape index (κ2) is 7.25. The van der Waals surface area contributed by atoms with Crippen molar-refractivity contribution >= 4 is 75.4 Å². The molecule has 10 aromatic rings. The quantitative estimate of drug-likeness (QED) is 0.163. The lowest BCUT2D eigenvalue weighted by Crippen LogP contribution is -1.97. The third-order valence-electron chi connectivity index (χ3n) is 9.29. The molecule has 40 heavy (non-hydrogen) atoms. The molecule has 0 unspecified atom stereocenters. The van der Waals surface area contributed by atoms with E-state index in [2.05, 4.69) is 133 Å². The molecule has 10 aromatic carbocycles. The van der Waals surface area contributed by atoms with E-state index in [0.717, 1.165) is 0 Å². The fraction of sp³-hybridized carbons (Fsp3) is 0. The first-order valence-electron chi connectivity index (χ1n) is 14.0. The largest absolute Gasteiger partial charge is 0.0622 e. The third-order valence-corrected chi connectivity index (χ3v) is 9.29. The molecule has 0 spiro atoms. The van der Waals surface area contributed by atoms with E-state index < -0.39 is 0 Å². The zero-order valence-corrected chi connectivity index (χ0v) is 21.7. The molecule has 0 aromatic heterocycles. The fourth-order valence-electron chi connectivity index (χ4n) is 7.89. The molecule has 0 fully saturated rings. The highest BCUT2D eigenvalue weighted by Gasteiger charge is 2.26. The molecule has 0 radical (unpaired) electrons. The smallest absolute Gasteiger partial charge is 0.0000929 e. The molecule has 0 aliphatic rings. The van der Waals surface area contributed by atoms with E-state index in [0.29, 0.717) is 0 Å². The van der Waals surface area contributed by atoms with Crippen molar-refractivity contribution in [3.8, 4) is 22.3 Å². The van der Waals surface area contributed by atoms with Gasteiger partial charge in [0.05, 0.1) is 0 Å². The Morgan fingerprint density at radius 1 is 0.200 bits per heavy atom. The molecule has 0 saturated heterocycles. The number of rotatable bonds is 2. The maximum atomic E-state index is 2.34. The van der Waals surface area contributed by atoms with E-state index in [1.165, 1.54) is 97.7 Å². The van der Waals surface area contributed by atoms with Crippen LogP contribution in [0.4, 0.5) is 0 Å². The molecule has 0 atom stereocenters. The van der Waals surface area contributed by atoms with Gasteiger partial charge in [0, 0.05) is 0 Å². The molecule has 0 aliphatic carbocycles. The van der Waals surface area contributed by atoms with Gasteiger partial charge in [0.2, 0.25) is 0 Å². The summed E-state index contributed by atoms with van der Waals surface area (Å²) >= 11 is 0. The second-order valence-electron chi connectivity index (χ2n) is 11.1. The standard InChI is InChI=1S/C40H22/c1-3-11-23(12-4-1)33-29-19-7-15-25-27-17-9-21-31-34(24-13-5-2-6-14-24)32-22-10-18-28-26-16-8-20-30(33)36(26)39(35(25)29)40(37(27)31)38(28)32/h1-22H. The maximum Gasteiger partial charge on any atom is -0.0000929 e. The van der Waals surface area contributed by atoms with Crippen LogP contribution < -0.4 is 0 Å². The molecule has 0 saturated carbocycles. The van der Waals surface area contributed by atoms with Crippen LogP contribution in [0.1, 0.15) is 0 Å². The average Bonchev–Trinajstić information content (AvgIpc) is 3.02. The monoisotopic (exact) mass is 502 g/mol. The first-order chi connectivity index (χ1) is 19.9. The van der Waals surface area contributed by atoms with Crippen molar-refractivity contribution in [2.24, 2.45) is 0 Å². The Bertz CT molecular complexity index is 2240. The number of hydrogen-bond donors (Lipinski definition) is 0. The zero-order chi connectivity index (χ0) is 25.9. The Hall–Kier alpha value is -5.20. The molecule has 182 valence electrons. The maximum absolute atomic E-state index is 2.34.